The van der Waals surface area contributed by atoms with Gasteiger partial charge in [0.05, 0.1) is 31.4 Å². The summed E-state index contributed by atoms with van der Waals surface area (Å²) in [6.45, 7) is 6.66. The number of ether oxygens (including phenoxy) is 2. The number of rotatable bonds is 8. The number of Topliss-reactive ketones (excluding diaryl/α,β-unsaturated/α-hetero) is 1. The number of hydrogen-bond acceptors (Lipinski definition) is 7. The van der Waals surface area contributed by atoms with Crippen LogP contribution in [0.4, 0.5) is 0 Å². The third-order valence-electron chi connectivity index (χ3n) is 5.71. The van der Waals surface area contributed by atoms with Gasteiger partial charge in [-0.15, -0.1) is 11.3 Å². The van der Waals surface area contributed by atoms with Crippen LogP contribution in [0.1, 0.15) is 29.8 Å². The number of carbonyl (C=O) groups excluding carboxylic acids is 2. The summed E-state index contributed by atoms with van der Waals surface area (Å²) >= 11 is 1.47. The first kappa shape index (κ1) is 22.5. The van der Waals surface area contributed by atoms with Crippen LogP contribution < -0.4 is 4.74 Å². The minimum atomic E-state index is -0.644. The number of nitrogens with zero attached hydrogens (tertiary/aromatic N) is 2. The van der Waals surface area contributed by atoms with Gasteiger partial charge in [0.1, 0.15) is 11.5 Å². The smallest absolute Gasteiger partial charge is 0.295 e. The molecule has 4 rings (SSSR count). The van der Waals surface area contributed by atoms with E-state index in [0.717, 1.165) is 24.4 Å². The quantitative estimate of drug-likeness (QED) is 0.373. The lowest BCUT2D eigenvalue weighted by molar-refractivity contribution is -0.140. The molecular weight excluding hydrogens is 428 g/mol. The molecule has 2 aliphatic heterocycles. The Labute approximate surface area is 191 Å². The lowest BCUT2D eigenvalue weighted by Gasteiger charge is -2.30. The maximum Gasteiger partial charge on any atom is 0.295 e. The van der Waals surface area contributed by atoms with E-state index in [2.05, 4.69) is 4.90 Å². The predicted octanol–water partition coefficient (Wildman–Crippen LogP) is 3.29. The first-order valence-electron chi connectivity index (χ1n) is 10.9. The Morgan fingerprint density at radius 3 is 2.56 bits per heavy atom. The molecule has 2 aromatic rings. The number of aliphatic hydroxyl groups excluding tert-OH is 1. The third kappa shape index (κ3) is 4.72. The van der Waals surface area contributed by atoms with Crippen molar-refractivity contribution in [2.24, 2.45) is 0 Å². The average molecular weight is 457 g/mol. The standard InChI is InChI=1S/C24H28N2O5S/c1-2-13-31-18-7-5-17(6-8-18)22(27)20-21(19-4-3-16-32-19)26(24(29)23(20)28)10-9-25-11-14-30-15-12-25/h3-8,16,21,27H,2,9-15H2,1H3/b22-20-. The lowest BCUT2D eigenvalue weighted by atomic mass is 10.00. The van der Waals surface area contributed by atoms with Crippen LogP contribution in [0.3, 0.4) is 0 Å². The zero-order valence-corrected chi connectivity index (χ0v) is 19.0. The van der Waals surface area contributed by atoms with Gasteiger partial charge < -0.3 is 19.5 Å². The summed E-state index contributed by atoms with van der Waals surface area (Å²) in [5.74, 6) is -0.669. The fourth-order valence-electron chi connectivity index (χ4n) is 4.01. The number of hydrogen-bond donors (Lipinski definition) is 1. The number of aliphatic hydroxyl groups is 1. The molecule has 2 fully saturated rings. The number of ketones is 1. The van der Waals surface area contributed by atoms with E-state index in [1.54, 1.807) is 29.2 Å². The van der Waals surface area contributed by atoms with Crippen LogP contribution >= 0.6 is 11.3 Å². The summed E-state index contributed by atoms with van der Waals surface area (Å²) in [6.07, 6.45) is 0.899. The molecule has 7 nitrogen and oxygen atoms in total. The fourth-order valence-corrected chi connectivity index (χ4v) is 4.86. The van der Waals surface area contributed by atoms with E-state index in [4.69, 9.17) is 9.47 Å². The van der Waals surface area contributed by atoms with Gasteiger partial charge in [-0.2, -0.15) is 0 Å². The highest BCUT2D eigenvalue weighted by atomic mass is 32.1. The van der Waals surface area contributed by atoms with E-state index in [1.165, 1.54) is 11.3 Å². The molecule has 170 valence electrons. The molecule has 0 saturated carbocycles. The molecule has 1 atom stereocenters. The Hall–Kier alpha value is -2.68. The zero-order valence-electron chi connectivity index (χ0n) is 18.2. The largest absolute Gasteiger partial charge is 0.507 e. The van der Waals surface area contributed by atoms with Crippen molar-refractivity contribution in [3.8, 4) is 5.75 Å². The second-order valence-electron chi connectivity index (χ2n) is 7.83. The summed E-state index contributed by atoms with van der Waals surface area (Å²) < 4.78 is 11.0. The van der Waals surface area contributed by atoms with Gasteiger partial charge in [0, 0.05) is 36.6 Å². The molecule has 2 saturated heterocycles. The minimum absolute atomic E-state index is 0.140. The summed E-state index contributed by atoms with van der Waals surface area (Å²) in [5, 5.41) is 13.0. The topological polar surface area (TPSA) is 79.3 Å². The molecular formula is C24H28N2O5S. The van der Waals surface area contributed by atoms with Crippen molar-refractivity contribution in [2.45, 2.75) is 19.4 Å². The van der Waals surface area contributed by atoms with Gasteiger partial charge in [-0.1, -0.05) is 13.0 Å². The summed E-state index contributed by atoms with van der Waals surface area (Å²) in [5.41, 5.74) is 0.628. The maximum atomic E-state index is 13.0. The monoisotopic (exact) mass is 456 g/mol. The lowest BCUT2D eigenvalue weighted by Crippen LogP contribution is -2.42. The highest BCUT2D eigenvalue weighted by Crippen LogP contribution is 2.41. The molecule has 2 aliphatic rings. The Kier molecular flexibility index (Phi) is 7.24. The first-order valence-corrected chi connectivity index (χ1v) is 11.8. The number of likely N-dealkylation sites (tertiary alicyclic amines) is 1. The highest BCUT2D eigenvalue weighted by molar-refractivity contribution is 7.10. The van der Waals surface area contributed by atoms with Crippen LogP contribution in [0.5, 0.6) is 5.75 Å². The van der Waals surface area contributed by atoms with E-state index in [0.29, 0.717) is 44.2 Å². The van der Waals surface area contributed by atoms with Crippen molar-refractivity contribution in [1.29, 1.82) is 0 Å². The molecule has 8 heteroatoms. The molecule has 32 heavy (non-hydrogen) atoms. The van der Waals surface area contributed by atoms with Crippen molar-refractivity contribution >= 4 is 28.8 Å². The minimum Gasteiger partial charge on any atom is -0.507 e. The average Bonchev–Trinajstić information content (AvgIpc) is 3.44. The SMILES string of the molecule is CCCOc1ccc(/C(O)=C2/C(=O)C(=O)N(CCN3CCOCC3)C2c2cccs2)cc1. The van der Waals surface area contributed by atoms with Crippen LogP contribution in [-0.2, 0) is 14.3 Å². The Balaban J connectivity index is 1.63. The first-order chi connectivity index (χ1) is 15.6. The van der Waals surface area contributed by atoms with Crippen LogP contribution in [0.15, 0.2) is 47.4 Å². The molecule has 0 spiro atoms. The van der Waals surface area contributed by atoms with E-state index >= 15 is 0 Å². The Morgan fingerprint density at radius 2 is 1.91 bits per heavy atom. The van der Waals surface area contributed by atoms with Gasteiger partial charge in [0.15, 0.2) is 0 Å². The van der Waals surface area contributed by atoms with Crippen LogP contribution in [0.25, 0.3) is 5.76 Å². The third-order valence-corrected chi connectivity index (χ3v) is 6.64. The van der Waals surface area contributed by atoms with Crippen molar-refractivity contribution in [1.82, 2.24) is 9.80 Å². The molecule has 3 heterocycles. The normalized spacial score (nSPS) is 21.3. The van der Waals surface area contributed by atoms with Gasteiger partial charge in [-0.25, -0.2) is 0 Å². The van der Waals surface area contributed by atoms with Gasteiger partial charge in [0.2, 0.25) is 0 Å². The second-order valence-corrected chi connectivity index (χ2v) is 8.81. The zero-order chi connectivity index (χ0) is 22.5. The van der Waals surface area contributed by atoms with Gasteiger partial charge in [-0.05, 0) is 42.1 Å². The maximum absolute atomic E-state index is 13.0. The predicted molar refractivity (Wildman–Crippen MR) is 123 cm³/mol. The summed E-state index contributed by atoms with van der Waals surface area (Å²) in [7, 11) is 0. The van der Waals surface area contributed by atoms with Crippen LogP contribution in [0.2, 0.25) is 0 Å². The van der Waals surface area contributed by atoms with Crippen LogP contribution in [0, 0.1) is 0 Å². The molecule has 1 N–H and O–H groups in total. The van der Waals surface area contributed by atoms with E-state index in [9.17, 15) is 14.7 Å². The number of benzene rings is 1. The Morgan fingerprint density at radius 1 is 1.16 bits per heavy atom. The van der Waals surface area contributed by atoms with E-state index in [-0.39, 0.29) is 11.3 Å². The van der Waals surface area contributed by atoms with Crippen molar-refractivity contribution in [2.75, 3.05) is 46.0 Å². The number of amides is 1. The van der Waals surface area contributed by atoms with Crippen molar-refractivity contribution < 1.29 is 24.2 Å². The molecule has 1 amide bonds. The molecule has 1 aromatic carbocycles. The molecule has 0 bridgehead atoms. The van der Waals surface area contributed by atoms with E-state index < -0.39 is 17.7 Å². The van der Waals surface area contributed by atoms with Crippen molar-refractivity contribution in [3.05, 3.63) is 57.8 Å². The number of thiophene rings is 1. The number of carbonyl (C=O) groups is 2. The summed E-state index contributed by atoms with van der Waals surface area (Å²) in [6, 6.07) is 10.2. The van der Waals surface area contributed by atoms with Gasteiger partial charge in [-0.3, -0.25) is 14.5 Å². The fraction of sp³-hybridized carbons (Fsp3) is 0.417. The van der Waals surface area contributed by atoms with Crippen molar-refractivity contribution in [3.63, 3.8) is 0 Å². The van der Waals surface area contributed by atoms with Crippen LogP contribution in [-0.4, -0.2) is 72.6 Å². The van der Waals surface area contributed by atoms with Gasteiger partial charge >= 0.3 is 0 Å². The van der Waals surface area contributed by atoms with E-state index in [1.807, 2.05) is 24.4 Å². The molecule has 0 radical (unpaired) electrons. The second kappa shape index (κ2) is 10.3. The van der Waals surface area contributed by atoms with Gasteiger partial charge in [0.25, 0.3) is 11.7 Å². The highest BCUT2D eigenvalue weighted by Gasteiger charge is 2.46. The molecule has 1 aromatic heterocycles. The Bertz CT molecular complexity index is 965. The summed E-state index contributed by atoms with van der Waals surface area (Å²) in [4.78, 5) is 30.7. The number of morpholine rings is 1. The molecule has 0 aliphatic carbocycles. The molecule has 1 unspecified atom stereocenters.